The van der Waals surface area contributed by atoms with Gasteiger partial charge in [-0.25, -0.2) is 9.37 Å². The number of amides is 1. The van der Waals surface area contributed by atoms with Gasteiger partial charge in [0.15, 0.2) is 11.5 Å². The number of nitrogens with one attached hydrogen (secondary N) is 1. The van der Waals surface area contributed by atoms with Crippen molar-refractivity contribution in [2.24, 2.45) is 7.05 Å². The molecule has 0 saturated heterocycles. The maximum atomic E-state index is 13.5. The average molecular weight is 448 g/mol. The van der Waals surface area contributed by atoms with Gasteiger partial charge < -0.3 is 19.4 Å². The van der Waals surface area contributed by atoms with Crippen molar-refractivity contribution in [3.63, 3.8) is 0 Å². The molecule has 0 aliphatic heterocycles. The van der Waals surface area contributed by atoms with E-state index in [-0.39, 0.29) is 11.7 Å². The number of carbonyl (C=O) groups excluding carboxylic acids is 1. The van der Waals surface area contributed by atoms with Crippen molar-refractivity contribution >= 4 is 28.5 Å². The lowest BCUT2D eigenvalue weighted by Crippen LogP contribution is -2.26. The van der Waals surface area contributed by atoms with Crippen LogP contribution in [0.15, 0.2) is 30.3 Å². The summed E-state index contributed by atoms with van der Waals surface area (Å²) in [6.45, 7) is 5.27. The van der Waals surface area contributed by atoms with E-state index in [9.17, 15) is 9.18 Å². The number of imidazole rings is 1. The minimum absolute atomic E-state index is 0.271. The zero-order chi connectivity index (χ0) is 22.4. The Labute approximate surface area is 186 Å². The molecule has 2 aromatic carbocycles. The lowest BCUT2D eigenvalue weighted by molar-refractivity contribution is 0.0953. The Balaban J connectivity index is 1.68. The predicted molar refractivity (Wildman–Crippen MR) is 120 cm³/mol. The van der Waals surface area contributed by atoms with Crippen molar-refractivity contribution in [2.75, 3.05) is 19.8 Å². The quantitative estimate of drug-likeness (QED) is 0.448. The average Bonchev–Trinajstić information content (AvgIpc) is 3.05. The Kier molecular flexibility index (Phi) is 7.74. The number of halogens is 2. The Morgan fingerprint density at radius 2 is 2.03 bits per heavy atom. The molecule has 8 heteroatoms. The van der Waals surface area contributed by atoms with Gasteiger partial charge in [-0.1, -0.05) is 24.9 Å². The molecule has 1 heterocycles. The van der Waals surface area contributed by atoms with Crippen molar-refractivity contribution in [1.82, 2.24) is 14.9 Å². The summed E-state index contributed by atoms with van der Waals surface area (Å²) >= 11 is 6.37. The van der Waals surface area contributed by atoms with E-state index in [1.54, 1.807) is 18.2 Å². The Morgan fingerprint density at radius 1 is 1.23 bits per heavy atom. The van der Waals surface area contributed by atoms with Gasteiger partial charge >= 0.3 is 0 Å². The number of nitrogens with zero attached hydrogens (tertiary/aromatic N) is 2. The number of aryl methyl sites for hydroxylation is 1. The van der Waals surface area contributed by atoms with E-state index >= 15 is 0 Å². The number of hydrogen-bond donors (Lipinski definition) is 1. The van der Waals surface area contributed by atoms with Crippen LogP contribution in [-0.2, 0) is 13.5 Å². The number of unbranched alkanes of at least 4 members (excludes halogenated alkanes) is 1. The van der Waals surface area contributed by atoms with Gasteiger partial charge in [0.2, 0.25) is 0 Å². The number of ether oxygens (including phenoxy) is 2. The first-order valence-corrected chi connectivity index (χ1v) is 10.8. The maximum absolute atomic E-state index is 13.5. The second kappa shape index (κ2) is 10.5. The third kappa shape index (κ3) is 5.47. The highest BCUT2D eigenvalue weighted by molar-refractivity contribution is 6.32. The number of carbonyl (C=O) groups is 1. The monoisotopic (exact) mass is 447 g/mol. The molecule has 0 atom stereocenters. The molecule has 0 aliphatic carbocycles. The number of aromatic nitrogens is 2. The molecule has 3 aromatic rings. The second-order valence-electron chi connectivity index (χ2n) is 7.15. The summed E-state index contributed by atoms with van der Waals surface area (Å²) in [5.41, 5.74) is 1.83. The minimum atomic E-state index is -0.306. The molecule has 1 aromatic heterocycles. The highest BCUT2D eigenvalue weighted by atomic mass is 35.5. The molecule has 166 valence electrons. The number of rotatable bonds is 10. The number of fused-ring (bicyclic) bond motifs is 1. The molecule has 3 rings (SSSR count). The Morgan fingerprint density at radius 3 is 2.77 bits per heavy atom. The van der Waals surface area contributed by atoms with Crippen LogP contribution in [-0.4, -0.2) is 35.2 Å². The smallest absolute Gasteiger partial charge is 0.251 e. The van der Waals surface area contributed by atoms with E-state index < -0.39 is 0 Å². The molecule has 0 spiro atoms. The van der Waals surface area contributed by atoms with Crippen LogP contribution in [0.25, 0.3) is 11.0 Å². The first-order valence-electron chi connectivity index (χ1n) is 10.4. The summed E-state index contributed by atoms with van der Waals surface area (Å²) in [4.78, 5) is 17.2. The van der Waals surface area contributed by atoms with E-state index in [2.05, 4.69) is 17.2 Å². The molecule has 1 N–H and O–H groups in total. The summed E-state index contributed by atoms with van der Waals surface area (Å²) in [5.74, 6) is 1.09. The second-order valence-corrected chi connectivity index (χ2v) is 7.55. The van der Waals surface area contributed by atoms with Crippen LogP contribution in [0.1, 0.15) is 42.9 Å². The van der Waals surface area contributed by atoms with Gasteiger partial charge in [0, 0.05) is 25.6 Å². The molecule has 0 aliphatic rings. The minimum Gasteiger partial charge on any atom is -0.490 e. The van der Waals surface area contributed by atoms with Gasteiger partial charge in [-0.2, -0.15) is 0 Å². The SMILES string of the molecule is CCCCOc1c(Cl)cc(C(=O)NCCc2nc3ccc(F)cc3n2C)cc1OCC. The number of hydrogen-bond acceptors (Lipinski definition) is 4. The first-order chi connectivity index (χ1) is 14.9. The van der Waals surface area contributed by atoms with E-state index in [1.165, 1.54) is 12.1 Å². The standard InChI is InChI=1S/C23H27ClFN3O3/c1-4-6-11-31-22-17(24)12-15(13-20(22)30-5-2)23(29)26-10-9-21-27-18-8-7-16(25)14-19(18)28(21)3/h7-8,12-14H,4-6,9-11H2,1-3H3,(H,26,29). The van der Waals surface area contributed by atoms with Crippen LogP contribution >= 0.6 is 11.6 Å². The molecule has 0 bridgehead atoms. The third-order valence-electron chi connectivity index (χ3n) is 4.89. The van der Waals surface area contributed by atoms with E-state index in [0.717, 1.165) is 24.2 Å². The van der Waals surface area contributed by atoms with Crippen LogP contribution in [0, 0.1) is 5.82 Å². The molecular formula is C23H27ClFN3O3. The van der Waals surface area contributed by atoms with Crippen LogP contribution in [0.2, 0.25) is 5.02 Å². The molecule has 6 nitrogen and oxygen atoms in total. The van der Waals surface area contributed by atoms with Crippen LogP contribution in [0.5, 0.6) is 11.5 Å². The summed E-state index contributed by atoms with van der Waals surface area (Å²) in [6, 6.07) is 7.71. The van der Waals surface area contributed by atoms with Gasteiger partial charge in [-0.3, -0.25) is 4.79 Å². The van der Waals surface area contributed by atoms with Crippen molar-refractivity contribution in [1.29, 1.82) is 0 Å². The predicted octanol–water partition coefficient (Wildman–Crippen LogP) is 4.92. The molecule has 1 amide bonds. The largest absolute Gasteiger partial charge is 0.490 e. The van der Waals surface area contributed by atoms with Crippen molar-refractivity contribution in [3.05, 3.63) is 52.6 Å². The molecule has 0 radical (unpaired) electrons. The van der Waals surface area contributed by atoms with E-state index in [1.807, 2.05) is 18.5 Å². The topological polar surface area (TPSA) is 65.4 Å². The fourth-order valence-corrected chi connectivity index (χ4v) is 3.51. The van der Waals surface area contributed by atoms with Gasteiger partial charge in [0.1, 0.15) is 11.6 Å². The molecule has 0 unspecified atom stereocenters. The highest BCUT2D eigenvalue weighted by Gasteiger charge is 2.17. The Hall–Kier alpha value is -2.80. The van der Waals surface area contributed by atoms with Gasteiger partial charge in [0.05, 0.1) is 29.3 Å². The zero-order valence-corrected chi connectivity index (χ0v) is 18.8. The van der Waals surface area contributed by atoms with Crippen molar-refractivity contribution in [3.8, 4) is 11.5 Å². The summed E-state index contributed by atoms with van der Waals surface area (Å²) in [5, 5.41) is 3.21. The van der Waals surface area contributed by atoms with Gasteiger partial charge in [-0.05, 0) is 43.7 Å². The van der Waals surface area contributed by atoms with Crippen molar-refractivity contribution in [2.45, 2.75) is 33.1 Å². The maximum Gasteiger partial charge on any atom is 0.251 e. The zero-order valence-electron chi connectivity index (χ0n) is 18.0. The fraction of sp³-hybridized carbons (Fsp3) is 0.391. The molecule has 0 saturated carbocycles. The van der Waals surface area contributed by atoms with Crippen LogP contribution in [0.3, 0.4) is 0 Å². The van der Waals surface area contributed by atoms with Crippen LogP contribution in [0.4, 0.5) is 4.39 Å². The highest BCUT2D eigenvalue weighted by Crippen LogP contribution is 2.37. The first kappa shape index (κ1) is 22.9. The summed E-state index contributed by atoms with van der Waals surface area (Å²) < 4.78 is 26.7. The lowest BCUT2D eigenvalue weighted by atomic mass is 10.2. The lowest BCUT2D eigenvalue weighted by Gasteiger charge is -2.15. The number of benzene rings is 2. The third-order valence-corrected chi connectivity index (χ3v) is 5.17. The molecule has 0 fully saturated rings. The molecular weight excluding hydrogens is 421 g/mol. The van der Waals surface area contributed by atoms with E-state index in [4.69, 9.17) is 21.1 Å². The van der Waals surface area contributed by atoms with Gasteiger partial charge in [-0.15, -0.1) is 0 Å². The normalized spacial score (nSPS) is 11.0. The van der Waals surface area contributed by atoms with Crippen molar-refractivity contribution < 1.29 is 18.7 Å². The summed E-state index contributed by atoms with van der Waals surface area (Å²) in [6.07, 6.45) is 2.41. The van der Waals surface area contributed by atoms with Gasteiger partial charge in [0.25, 0.3) is 5.91 Å². The Bertz CT molecular complexity index is 1070. The summed E-state index contributed by atoms with van der Waals surface area (Å²) in [7, 11) is 1.83. The fourth-order valence-electron chi connectivity index (χ4n) is 3.25. The molecule has 31 heavy (non-hydrogen) atoms. The van der Waals surface area contributed by atoms with Crippen LogP contribution < -0.4 is 14.8 Å². The van der Waals surface area contributed by atoms with E-state index in [0.29, 0.717) is 53.8 Å².